The summed E-state index contributed by atoms with van der Waals surface area (Å²) in [6, 6.07) is 0. The Bertz CT molecular complexity index is 194. The van der Waals surface area contributed by atoms with E-state index in [2.05, 4.69) is 31.2 Å². The summed E-state index contributed by atoms with van der Waals surface area (Å²) in [5.74, 6) is 0.891. The van der Waals surface area contributed by atoms with Crippen molar-refractivity contribution in [1.82, 2.24) is 0 Å². The van der Waals surface area contributed by atoms with Crippen molar-refractivity contribution in [1.29, 1.82) is 0 Å². The lowest BCUT2D eigenvalue weighted by atomic mass is 9.89. The number of hydrogen-bond donors (Lipinski definition) is 0. The SMILES string of the molecule is CCCCC/C=C/C/C=C/C1CCCCC1. The topological polar surface area (TPSA) is 0 Å². The summed E-state index contributed by atoms with van der Waals surface area (Å²) >= 11 is 0. The third kappa shape index (κ3) is 6.87. The van der Waals surface area contributed by atoms with Crippen molar-refractivity contribution >= 4 is 0 Å². The molecule has 0 aromatic heterocycles. The summed E-state index contributed by atoms with van der Waals surface area (Å²) in [5.41, 5.74) is 0. The molecule has 1 saturated carbocycles. The quantitative estimate of drug-likeness (QED) is 0.384. The van der Waals surface area contributed by atoms with E-state index in [0.29, 0.717) is 0 Å². The van der Waals surface area contributed by atoms with Crippen LogP contribution in [0.15, 0.2) is 24.3 Å². The molecule has 0 saturated heterocycles. The van der Waals surface area contributed by atoms with E-state index in [-0.39, 0.29) is 0 Å². The molecule has 1 aliphatic carbocycles. The molecule has 0 aliphatic heterocycles. The predicted molar refractivity (Wildman–Crippen MR) is 73.6 cm³/mol. The molecular weight excluding hydrogens is 192 g/mol. The molecule has 1 rings (SSSR count). The van der Waals surface area contributed by atoms with Gasteiger partial charge in [-0.25, -0.2) is 0 Å². The molecule has 1 aliphatic rings. The zero-order valence-corrected chi connectivity index (χ0v) is 11.0. The molecule has 0 heteroatoms. The molecule has 0 heterocycles. The fourth-order valence-electron chi connectivity index (χ4n) is 2.40. The van der Waals surface area contributed by atoms with E-state index in [1.807, 2.05) is 0 Å². The van der Waals surface area contributed by atoms with Gasteiger partial charge in [0.1, 0.15) is 0 Å². The molecule has 0 aromatic carbocycles. The molecule has 0 N–H and O–H groups in total. The van der Waals surface area contributed by atoms with Crippen LogP contribution in [0, 0.1) is 5.92 Å². The highest BCUT2D eigenvalue weighted by molar-refractivity contribution is 4.96. The highest BCUT2D eigenvalue weighted by atomic mass is 14.1. The van der Waals surface area contributed by atoms with Crippen LogP contribution >= 0.6 is 0 Å². The number of allylic oxidation sites excluding steroid dienone is 4. The third-order valence-electron chi connectivity index (χ3n) is 3.47. The fourth-order valence-corrected chi connectivity index (χ4v) is 2.40. The first-order valence-corrected chi connectivity index (χ1v) is 7.25. The van der Waals surface area contributed by atoms with Gasteiger partial charge in [-0.2, -0.15) is 0 Å². The van der Waals surface area contributed by atoms with Crippen molar-refractivity contribution in [3.63, 3.8) is 0 Å². The fraction of sp³-hybridized carbons (Fsp3) is 0.750. The summed E-state index contributed by atoms with van der Waals surface area (Å²) < 4.78 is 0. The summed E-state index contributed by atoms with van der Waals surface area (Å²) in [6.45, 7) is 2.26. The van der Waals surface area contributed by atoms with Gasteiger partial charge in [0.25, 0.3) is 0 Å². The van der Waals surface area contributed by atoms with Crippen molar-refractivity contribution < 1.29 is 0 Å². The molecule has 0 spiro atoms. The van der Waals surface area contributed by atoms with E-state index in [9.17, 15) is 0 Å². The average molecular weight is 220 g/mol. The summed E-state index contributed by atoms with van der Waals surface area (Å²) in [6.07, 6.45) is 23.2. The second-order valence-electron chi connectivity index (χ2n) is 5.03. The van der Waals surface area contributed by atoms with Crippen molar-refractivity contribution in [2.45, 2.75) is 71.1 Å². The van der Waals surface area contributed by atoms with Gasteiger partial charge in [0.15, 0.2) is 0 Å². The standard InChI is InChI=1S/C16H28/c1-2-3-4-5-6-7-8-10-13-16-14-11-9-12-15-16/h6-7,10,13,16H,2-5,8-9,11-12,14-15H2,1H3/b7-6+,13-10+. The summed E-state index contributed by atoms with van der Waals surface area (Å²) in [4.78, 5) is 0. The normalized spacial score (nSPS) is 18.8. The Morgan fingerprint density at radius 3 is 2.50 bits per heavy atom. The third-order valence-corrected chi connectivity index (χ3v) is 3.47. The minimum absolute atomic E-state index is 0.891. The van der Waals surface area contributed by atoms with Gasteiger partial charge in [-0.15, -0.1) is 0 Å². The van der Waals surface area contributed by atoms with Crippen LogP contribution in [-0.2, 0) is 0 Å². The van der Waals surface area contributed by atoms with E-state index in [1.165, 1.54) is 57.8 Å². The van der Waals surface area contributed by atoms with E-state index in [1.54, 1.807) is 0 Å². The minimum atomic E-state index is 0.891. The Morgan fingerprint density at radius 2 is 1.75 bits per heavy atom. The molecule has 0 aromatic rings. The van der Waals surface area contributed by atoms with Crippen LogP contribution in [0.3, 0.4) is 0 Å². The zero-order chi connectivity index (χ0) is 11.5. The van der Waals surface area contributed by atoms with Gasteiger partial charge in [0.2, 0.25) is 0 Å². The monoisotopic (exact) mass is 220 g/mol. The van der Waals surface area contributed by atoms with Crippen LogP contribution < -0.4 is 0 Å². The average Bonchev–Trinajstić information content (AvgIpc) is 2.34. The Balaban J connectivity index is 1.98. The Morgan fingerprint density at radius 1 is 0.938 bits per heavy atom. The molecule has 0 unspecified atom stereocenters. The van der Waals surface area contributed by atoms with Gasteiger partial charge < -0.3 is 0 Å². The van der Waals surface area contributed by atoms with Crippen molar-refractivity contribution in [2.24, 2.45) is 5.92 Å². The lowest BCUT2D eigenvalue weighted by Crippen LogP contribution is -2.02. The van der Waals surface area contributed by atoms with Gasteiger partial charge in [0.05, 0.1) is 0 Å². The van der Waals surface area contributed by atoms with E-state index >= 15 is 0 Å². The van der Waals surface area contributed by atoms with Crippen LogP contribution in [0.1, 0.15) is 71.1 Å². The lowest BCUT2D eigenvalue weighted by molar-refractivity contribution is 0.419. The van der Waals surface area contributed by atoms with Crippen LogP contribution in [0.5, 0.6) is 0 Å². The molecule has 0 bridgehead atoms. The Kier molecular flexibility index (Phi) is 8.20. The van der Waals surface area contributed by atoms with Gasteiger partial charge in [-0.05, 0) is 38.0 Å². The number of unbranched alkanes of at least 4 members (excludes halogenated alkanes) is 3. The van der Waals surface area contributed by atoms with Gasteiger partial charge in [-0.1, -0.05) is 63.3 Å². The second-order valence-corrected chi connectivity index (χ2v) is 5.03. The Labute approximate surface area is 102 Å². The van der Waals surface area contributed by atoms with E-state index in [0.717, 1.165) is 12.3 Å². The van der Waals surface area contributed by atoms with Crippen molar-refractivity contribution in [2.75, 3.05) is 0 Å². The van der Waals surface area contributed by atoms with Crippen molar-refractivity contribution in [3.8, 4) is 0 Å². The summed E-state index contributed by atoms with van der Waals surface area (Å²) in [5, 5.41) is 0. The highest BCUT2D eigenvalue weighted by Crippen LogP contribution is 2.24. The maximum atomic E-state index is 2.45. The largest absolute Gasteiger partial charge is 0.0882 e. The van der Waals surface area contributed by atoms with E-state index in [4.69, 9.17) is 0 Å². The molecule has 16 heavy (non-hydrogen) atoms. The molecule has 0 amide bonds. The second kappa shape index (κ2) is 9.69. The molecule has 1 fully saturated rings. The maximum Gasteiger partial charge on any atom is -0.0169 e. The zero-order valence-electron chi connectivity index (χ0n) is 11.0. The van der Waals surface area contributed by atoms with Crippen LogP contribution in [0.4, 0.5) is 0 Å². The van der Waals surface area contributed by atoms with Gasteiger partial charge in [0, 0.05) is 0 Å². The highest BCUT2D eigenvalue weighted by Gasteiger charge is 2.08. The molecule has 0 atom stereocenters. The molecular formula is C16H28. The number of rotatable bonds is 7. The first-order valence-electron chi connectivity index (χ1n) is 7.25. The van der Waals surface area contributed by atoms with Crippen LogP contribution in [0.25, 0.3) is 0 Å². The van der Waals surface area contributed by atoms with Crippen molar-refractivity contribution in [3.05, 3.63) is 24.3 Å². The predicted octanol–water partition coefficient (Wildman–Crippen LogP) is 5.65. The minimum Gasteiger partial charge on any atom is -0.0882 e. The number of hydrogen-bond acceptors (Lipinski definition) is 0. The van der Waals surface area contributed by atoms with Crippen LogP contribution in [-0.4, -0.2) is 0 Å². The Hall–Kier alpha value is -0.520. The van der Waals surface area contributed by atoms with Gasteiger partial charge in [-0.3, -0.25) is 0 Å². The van der Waals surface area contributed by atoms with Gasteiger partial charge >= 0.3 is 0 Å². The smallest absolute Gasteiger partial charge is 0.0169 e. The summed E-state index contributed by atoms with van der Waals surface area (Å²) in [7, 11) is 0. The molecule has 0 radical (unpaired) electrons. The van der Waals surface area contributed by atoms with Crippen LogP contribution in [0.2, 0.25) is 0 Å². The first-order chi connectivity index (χ1) is 7.93. The first kappa shape index (κ1) is 13.5. The lowest BCUT2D eigenvalue weighted by Gasteiger charge is -2.17. The molecule has 92 valence electrons. The van der Waals surface area contributed by atoms with E-state index < -0.39 is 0 Å². The molecule has 0 nitrogen and oxygen atoms in total. The maximum absolute atomic E-state index is 2.45.